The predicted molar refractivity (Wildman–Crippen MR) is 61.8 cm³/mol. The predicted octanol–water partition coefficient (Wildman–Crippen LogP) is 1.49. The number of carbonyl (C=O) groups is 1. The fourth-order valence-electron chi connectivity index (χ4n) is 1.62. The molecule has 1 aromatic carbocycles. The van der Waals surface area contributed by atoms with Crippen LogP contribution in [0.1, 0.15) is 11.3 Å². The van der Waals surface area contributed by atoms with Crippen LogP contribution >= 0.6 is 0 Å². The second-order valence-corrected chi connectivity index (χ2v) is 3.84. The van der Waals surface area contributed by atoms with Crippen LogP contribution in [0.15, 0.2) is 30.3 Å². The van der Waals surface area contributed by atoms with Crippen molar-refractivity contribution in [1.82, 2.24) is 10.2 Å². The Morgan fingerprint density at radius 2 is 2.18 bits per heavy atom. The number of anilines is 1. The SMILES string of the molecule is Nc1cc(CC(=O)Cc2cccc(F)c2)[nH]n1. The van der Waals surface area contributed by atoms with E-state index in [0.717, 1.165) is 0 Å². The van der Waals surface area contributed by atoms with Gasteiger partial charge in [-0.15, -0.1) is 0 Å². The fourth-order valence-corrected chi connectivity index (χ4v) is 1.62. The third kappa shape index (κ3) is 3.14. The van der Waals surface area contributed by atoms with Gasteiger partial charge in [-0.1, -0.05) is 12.1 Å². The summed E-state index contributed by atoms with van der Waals surface area (Å²) in [6.45, 7) is 0. The normalized spacial score (nSPS) is 10.4. The van der Waals surface area contributed by atoms with Crippen molar-refractivity contribution in [3.8, 4) is 0 Å². The van der Waals surface area contributed by atoms with Crippen molar-refractivity contribution in [2.24, 2.45) is 0 Å². The molecule has 0 atom stereocenters. The highest BCUT2D eigenvalue weighted by Gasteiger charge is 2.07. The van der Waals surface area contributed by atoms with Gasteiger partial charge in [0, 0.05) is 24.6 Å². The molecule has 1 heterocycles. The average Bonchev–Trinajstić information content (AvgIpc) is 2.63. The molecule has 0 bridgehead atoms. The van der Waals surface area contributed by atoms with Crippen LogP contribution in [0.4, 0.5) is 10.2 Å². The van der Waals surface area contributed by atoms with Gasteiger partial charge in [0.2, 0.25) is 0 Å². The standard InChI is InChI=1S/C12H12FN3O/c13-9-3-1-2-8(4-9)5-11(17)6-10-7-12(14)16-15-10/h1-4,7H,5-6H2,(H3,14,15,16). The number of rotatable bonds is 4. The maximum atomic E-state index is 12.9. The molecule has 4 nitrogen and oxygen atoms in total. The Balaban J connectivity index is 1.98. The molecule has 0 fully saturated rings. The molecule has 0 saturated carbocycles. The molecule has 0 saturated heterocycles. The van der Waals surface area contributed by atoms with E-state index in [-0.39, 0.29) is 24.4 Å². The van der Waals surface area contributed by atoms with Crippen LogP contribution in [-0.4, -0.2) is 16.0 Å². The topological polar surface area (TPSA) is 71.8 Å². The van der Waals surface area contributed by atoms with Gasteiger partial charge in [0.15, 0.2) is 0 Å². The van der Waals surface area contributed by atoms with Crippen molar-refractivity contribution in [2.75, 3.05) is 5.73 Å². The van der Waals surface area contributed by atoms with E-state index in [9.17, 15) is 9.18 Å². The molecule has 88 valence electrons. The summed E-state index contributed by atoms with van der Waals surface area (Å²) >= 11 is 0. The van der Waals surface area contributed by atoms with Gasteiger partial charge in [0.25, 0.3) is 0 Å². The molecule has 0 amide bonds. The zero-order chi connectivity index (χ0) is 12.3. The maximum absolute atomic E-state index is 12.9. The van der Waals surface area contributed by atoms with Crippen molar-refractivity contribution >= 4 is 11.6 Å². The largest absolute Gasteiger partial charge is 0.382 e. The number of nitrogen functional groups attached to an aromatic ring is 1. The number of aromatic nitrogens is 2. The monoisotopic (exact) mass is 233 g/mol. The Labute approximate surface area is 97.6 Å². The summed E-state index contributed by atoms with van der Waals surface area (Å²) in [7, 11) is 0. The lowest BCUT2D eigenvalue weighted by atomic mass is 10.1. The Bertz CT molecular complexity index is 536. The van der Waals surface area contributed by atoms with Gasteiger partial charge in [-0.25, -0.2) is 4.39 Å². The Kier molecular flexibility index (Phi) is 3.18. The lowest BCUT2D eigenvalue weighted by molar-refractivity contribution is -0.117. The second-order valence-electron chi connectivity index (χ2n) is 3.84. The van der Waals surface area contributed by atoms with Gasteiger partial charge in [0.05, 0.1) is 0 Å². The molecular weight excluding hydrogens is 221 g/mol. The first-order chi connectivity index (χ1) is 8.13. The van der Waals surface area contributed by atoms with E-state index in [1.54, 1.807) is 18.2 Å². The Morgan fingerprint density at radius 3 is 2.82 bits per heavy atom. The zero-order valence-corrected chi connectivity index (χ0v) is 9.11. The summed E-state index contributed by atoms with van der Waals surface area (Å²) < 4.78 is 12.9. The van der Waals surface area contributed by atoms with Crippen LogP contribution in [0.2, 0.25) is 0 Å². The number of nitrogens with zero attached hydrogens (tertiary/aromatic N) is 1. The van der Waals surface area contributed by atoms with E-state index in [1.807, 2.05) is 0 Å². The van der Waals surface area contributed by atoms with Gasteiger partial charge in [-0.2, -0.15) is 5.10 Å². The van der Waals surface area contributed by atoms with Gasteiger partial charge in [-0.05, 0) is 17.7 Å². The highest BCUT2D eigenvalue weighted by atomic mass is 19.1. The van der Waals surface area contributed by atoms with Crippen LogP contribution in [-0.2, 0) is 17.6 Å². The molecule has 2 aromatic rings. The summed E-state index contributed by atoms with van der Waals surface area (Å²) in [6, 6.07) is 7.64. The molecule has 0 aliphatic carbocycles. The lowest BCUT2D eigenvalue weighted by Crippen LogP contribution is -2.07. The number of ketones is 1. The number of nitrogens with one attached hydrogen (secondary N) is 1. The molecule has 0 spiro atoms. The summed E-state index contributed by atoms with van der Waals surface area (Å²) in [5.74, 6) is 0.0129. The number of carbonyl (C=O) groups excluding carboxylic acids is 1. The van der Waals surface area contributed by atoms with E-state index in [1.165, 1.54) is 12.1 Å². The number of nitrogens with two attached hydrogens (primary N) is 1. The molecule has 5 heteroatoms. The van der Waals surface area contributed by atoms with Crippen LogP contribution in [0.5, 0.6) is 0 Å². The van der Waals surface area contributed by atoms with Gasteiger partial charge >= 0.3 is 0 Å². The molecule has 0 aliphatic rings. The maximum Gasteiger partial charge on any atom is 0.145 e. The van der Waals surface area contributed by atoms with Gasteiger partial charge in [-0.3, -0.25) is 9.89 Å². The van der Waals surface area contributed by atoms with Crippen LogP contribution < -0.4 is 5.73 Å². The highest BCUT2D eigenvalue weighted by molar-refractivity contribution is 5.82. The minimum atomic E-state index is -0.332. The highest BCUT2D eigenvalue weighted by Crippen LogP contribution is 2.07. The Hall–Kier alpha value is -2.17. The minimum Gasteiger partial charge on any atom is -0.382 e. The summed E-state index contributed by atoms with van der Waals surface area (Å²) in [6.07, 6.45) is 0.428. The van der Waals surface area contributed by atoms with Crippen LogP contribution in [0.3, 0.4) is 0 Å². The van der Waals surface area contributed by atoms with E-state index in [4.69, 9.17) is 5.73 Å². The average molecular weight is 233 g/mol. The number of H-pyrrole nitrogens is 1. The number of hydrogen-bond acceptors (Lipinski definition) is 3. The van der Waals surface area contributed by atoms with E-state index in [0.29, 0.717) is 17.1 Å². The lowest BCUT2D eigenvalue weighted by Gasteiger charge is -2.00. The molecular formula is C12H12FN3O. The third-order valence-corrected chi connectivity index (χ3v) is 2.33. The molecule has 0 radical (unpaired) electrons. The van der Waals surface area contributed by atoms with Gasteiger partial charge in [0.1, 0.15) is 17.4 Å². The van der Waals surface area contributed by atoms with Crippen molar-refractivity contribution in [3.05, 3.63) is 47.4 Å². The summed E-state index contributed by atoms with van der Waals surface area (Å²) in [5, 5.41) is 6.39. The first-order valence-corrected chi connectivity index (χ1v) is 5.19. The van der Waals surface area contributed by atoms with E-state index in [2.05, 4.69) is 10.2 Å². The van der Waals surface area contributed by atoms with Crippen molar-refractivity contribution < 1.29 is 9.18 Å². The minimum absolute atomic E-state index is 0.0146. The first kappa shape index (κ1) is 11.3. The number of benzene rings is 1. The molecule has 1 aromatic heterocycles. The number of halogens is 1. The molecule has 17 heavy (non-hydrogen) atoms. The summed E-state index contributed by atoms with van der Waals surface area (Å²) in [5.41, 5.74) is 6.76. The molecule has 0 unspecified atom stereocenters. The van der Waals surface area contributed by atoms with Crippen molar-refractivity contribution in [1.29, 1.82) is 0 Å². The number of hydrogen-bond donors (Lipinski definition) is 2. The first-order valence-electron chi connectivity index (χ1n) is 5.19. The molecule has 3 N–H and O–H groups in total. The Morgan fingerprint density at radius 1 is 1.35 bits per heavy atom. The van der Waals surface area contributed by atoms with Gasteiger partial charge < -0.3 is 5.73 Å². The van der Waals surface area contributed by atoms with Crippen molar-refractivity contribution in [3.63, 3.8) is 0 Å². The zero-order valence-electron chi connectivity index (χ0n) is 9.11. The quantitative estimate of drug-likeness (QED) is 0.840. The van der Waals surface area contributed by atoms with E-state index < -0.39 is 0 Å². The van der Waals surface area contributed by atoms with Crippen LogP contribution in [0.25, 0.3) is 0 Å². The molecule has 2 rings (SSSR count). The third-order valence-electron chi connectivity index (χ3n) is 2.33. The fraction of sp³-hybridized carbons (Fsp3) is 0.167. The second kappa shape index (κ2) is 4.78. The molecule has 0 aliphatic heterocycles. The number of aromatic amines is 1. The van der Waals surface area contributed by atoms with Crippen molar-refractivity contribution in [2.45, 2.75) is 12.8 Å². The number of Topliss-reactive ketones (excluding diaryl/α,β-unsaturated/α-hetero) is 1. The van der Waals surface area contributed by atoms with E-state index >= 15 is 0 Å². The summed E-state index contributed by atoms with van der Waals surface area (Å²) in [4.78, 5) is 11.7. The smallest absolute Gasteiger partial charge is 0.145 e. The van der Waals surface area contributed by atoms with Crippen LogP contribution in [0, 0.1) is 5.82 Å².